The lowest BCUT2D eigenvalue weighted by molar-refractivity contribution is -0.129. The van der Waals surface area contributed by atoms with Gasteiger partial charge in [0.2, 0.25) is 5.91 Å². The van der Waals surface area contributed by atoms with Crippen molar-refractivity contribution in [3.8, 4) is 0 Å². The summed E-state index contributed by atoms with van der Waals surface area (Å²) >= 11 is 0. The molecule has 21 heavy (non-hydrogen) atoms. The van der Waals surface area contributed by atoms with E-state index in [0.29, 0.717) is 5.76 Å². The standard InChI is InChI=1S/C16H26N2O3/c1-12(2)15(18-8-4-3-5-9-18)16(20)17-13(11-19)14-7-6-10-21-14/h6-7,10,12-13,15,19H,3-5,8-9,11H2,1-2H3,(H,17,20). The quantitative estimate of drug-likeness (QED) is 0.841. The second-order valence-electron chi connectivity index (χ2n) is 6.04. The van der Waals surface area contributed by atoms with Crippen molar-refractivity contribution in [2.24, 2.45) is 5.92 Å². The number of nitrogens with one attached hydrogen (secondary N) is 1. The molecule has 1 aliphatic heterocycles. The van der Waals surface area contributed by atoms with Crippen molar-refractivity contribution in [2.45, 2.75) is 45.2 Å². The van der Waals surface area contributed by atoms with Gasteiger partial charge in [0.1, 0.15) is 11.8 Å². The molecule has 2 heterocycles. The number of carbonyl (C=O) groups is 1. The fraction of sp³-hybridized carbons (Fsp3) is 0.688. The lowest BCUT2D eigenvalue weighted by Gasteiger charge is -2.36. The predicted octanol–water partition coefficient (Wildman–Crippen LogP) is 1.94. The first kappa shape index (κ1) is 16.0. The summed E-state index contributed by atoms with van der Waals surface area (Å²) in [6.07, 6.45) is 5.10. The highest BCUT2D eigenvalue weighted by atomic mass is 16.3. The molecule has 0 bridgehead atoms. The van der Waals surface area contributed by atoms with Crippen LogP contribution < -0.4 is 5.32 Å². The van der Waals surface area contributed by atoms with E-state index in [0.717, 1.165) is 25.9 Å². The Hall–Kier alpha value is -1.33. The largest absolute Gasteiger partial charge is 0.467 e. The molecule has 0 aromatic carbocycles. The Morgan fingerprint density at radius 3 is 2.62 bits per heavy atom. The Morgan fingerprint density at radius 1 is 1.38 bits per heavy atom. The summed E-state index contributed by atoms with van der Waals surface area (Å²) in [5.41, 5.74) is 0. The van der Waals surface area contributed by atoms with Crippen LogP contribution in [0.15, 0.2) is 22.8 Å². The van der Waals surface area contributed by atoms with Crippen molar-refractivity contribution in [3.63, 3.8) is 0 Å². The molecule has 1 amide bonds. The molecule has 1 fully saturated rings. The average Bonchev–Trinajstić information content (AvgIpc) is 2.99. The van der Waals surface area contributed by atoms with Crippen molar-refractivity contribution in [1.82, 2.24) is 10.2 Å². The van der Waals surface area contributed by atoms with E-state index in [4.69, 9.17) is 4.42 Å². The first-order valence-corrected chi connectivity index (χ1v) is 7.82. The second-order valence-corrected chi connectivity index (χ2v) is 6.04. The first-order valence-electron chi connectivity index (χ1n) is 7.82. The number of hydrogen-bond acceptors (Lipinski definition) is 4. The predicted molar refractivity (Wildman–Crippen MR) is 80.7 cm³/mol. The molecule has 0 spiro atoms. The van der Waals surface area contributed by atoms with E-state index in [9.17, 15) is 9.90 Å². The molecule has 2 atom stereocenters. The van der Waals surface area contributed by atoms with E-state index in [2.05, 4.69) is 24.1 Å². The van der Waals surface area contributed by atoms with Gasteiger partial charge in [0.25, 0.3) is 0 Å². The van der Waals surface area contributed by atoms with Gasteiger partial charge in [-0.05, 0) is 44.0 Å². The zero-order valence-corrected chi connectivity index (χ0v) is 12.9. The van der Waals surface area contributed by atoms with Crippen molar-refractivity contribution in [3.05, 3.63) is 24.2 Å². The maximum atomic E-state index is 12.6. The van der Waals surface area contributed by atoms with Gasteiger partial charge < -0.3 is 14.8 Å². The number of aliphatic hydroxyl groups excluding tert-OH is 1. The maximum absolute atomic E-state index is 12.6. The third-order valence-electron chi connectivity index (χ3n) is 4.07. The van der Waals surface area contributed by atoms with Crippen LogP contribution in [0.2, 0.25) is 0 Å². The van der Waals surface area contributed by atoms with Crippen LogP contribution in [0.4, 0.5) is 0 Å². The molecule has 1 saturated heterocycles. The summed E-state index contributed by atoms with van der Waals surface area (Å²) in [4.78, 5) is 14.9. The number of hydrogen-bond donors (Lipinski definition) is 2. The molecule has 1 aromatic heterocycles. The highest BCUT2D eigenvalue weighted by molar-refractivity contribution is 5.82. The SMILES string of the molecule is CC(C)C(C(=O)NC(CO)c1ccco1)N1CCCCC1. The number of rotatable bonds is 6. The normalized spacial score (nSPS) is 19.4. The highest BCUT2D eigenvalue weighted by Crippen LogP contribution is 2.20. The summed E-state index contributed by atoms with van der Waals surface area (Å²) in [5, 5.41) is 12.4. The Labute approximate surface area is 126 Å². The molecule has 118 valence electrons. The maximum Gasteiger partial charge on any atom is 0.238 e. The minimum Gasteiger partial charge on any atom is -0.467 e. The van der Waals surface area contributed by atoms with Gasteiger partial charge in [-0.2, -0.15) is 0 Å². The third kappa shape index (κ3) is 4.08. The number of furan rings is 1. The Morgan fingerprint density at radius 2 is 2.10 bits per heavy atom. The number of nitrogens with zero attached hydrogens (tertiary/aromatic N) is 1. The van der Waals surface area contributed by atoms with Gasteiger partial charge in [-0.3, -0.25) is 9.69 Å². The molecule has 0 radical (unpaired) electrons. The Bertz CT molecular complexity index is 425. The molecule has 0 saturated carbocycles. The van der Waals surface area contributed by atoms with Crippen molar-refractivity contribution in [2.75, 3.05) is 19.7 Å². The lowest BCUT2D eigenvalue weighted by Crippen LogP contribution is -2.52. The molecule has 2 N–H and O–H groups in total. The molecule has 5 nitrogen and oxygen atoms in total. The van der Waals surface area contributed by atoms with Crippen LogP contribution in [0.5, 0.6) is 0 Å². The van der Waals surface area contributed by atoms with E-state index in [1.54, 1.807) is 18.4 Å². The van der Waals surface area contributed by atoms with Crippen LogP contribution >= 0.6 is 0 Å². The molecule has 1 aromatic rings. The van der Waals surface area contributed by atoms with Gasteiger partial charge in [0.05, 0.1) is 18.9 Å². The monoisotopic (exact) mass is 294 g/mol. The Kier molecular flexibility index (Phi) is 5.82. The molecular formula is C16H26N2O3. The Balaban J connectivity index is 2.03. The number of carbonyl (C=O) groups excluding carboxylic acids is 1. The van der Waals surface area contributed by atoms with E-state index >= 15 is 0 Å². The number of likely N-dealkylation sites (tertiary alicyclic amines) is 1. The molecule has 5 heteroatoms. The first-order chi connectivity index (χ1) is 10.1. The summed E-state index contributed by atoms with van der Waals surface area (Å²) in [6.45, 7) is 5.92. The van der Waals surface area contributed by atoms with Crippen LogP contribution in [-0.2, 0) is 4.79 Å². The van der Waals surface area contributed by atoms with Crippen LogP contribution in [0.3, 0.4) is 0 Å². The van der Waals surface area contributed by atoms with E-state index < -0.39 is 6.04 Å². The smallest absolute Gasteiger partial charge is 0.238 e. The van der Waals surface area contributed by atoms with Gasteiger partial charge >= 0.3 is 0 Å². The molecule has 1 aliphatic rings. The minimum absolute atomic E-state index is 0.0256. The van der Waals surface area contributed by atoms with Gasteiger partial charge in [-0.1, -0.05) is 20.3 Å². The molecule has 2 rings (SSSR count). The van der Waals surface area contributed by atoms with E-state index in [-0.39, 0.29) is 24.5 Å². The highest BCUT2D eigenvalue weighted by Gasteiger charge is 2.31. The van der Waals surface area contributed by atoms with Crippen molar-refractivity contribution < 1.29 is 14.3 Å². The van der Waals surface area contributed by atoms with Gasteiger partial charge in [-0.25, -0.2) is 0 Å². The van der Waals surface area contributed by atoms with Gasteiger partial charge in [-0.15, -0.1) is 0 Å². The number of aliphatic hydroxyl groups is 1. The zero-order valence-electron chi connectivity index (χ0n) is 12.9. The summed E-state index contributed by atoms with van der Waals surface area (Å²) < 4.78 is 5.28. The van der Waals surface area contributed by atoms with E-state index in [1.807, 2.05) is 0 Å². The fourth-order valence-electron chi connectivity index (χ4n) is 3.04. The molecule has 0 aliphatic carbocycles. The van der Waals surface area contributed by atoms with Crippen molar-refractivity contribution >= 4 is 5.91 Å². The summed E-state index contributed by atoms with van der Waals surface area (Å²) in [6, 6.07) is 2.91. The fourth-order valence-corrected chi connectivity index (χ4v) is 3.04. The van der Waals surface area contributed by atoms with Crippen LogP contribution in [-0.4, -0.2) is 41.7 Å². The third-order valence-corrected chi connectivity index (χ3v) is 4.07. The topological polar surface area (TPSA) is 65.7 Å². The summed E-state index contributed by atoms with van der Waals surface area (Å²) in [7, 11) is 0. The van der Waals surface area contributed by atoms with Gasteiger partial charge in [0, 0.05) is 0 Å². The molecular weight excluding hydrogens is 268 g/mol. The number of piperidine rings is 1. The van der Waals surface area contributed by atoms with Crippen LogP contribution in [0.1, 0.15) is 44.9 Å². The minimum atomic E-state index is -0.474. The zero-order chi connectivity index (χ0) is 15.2. The van der Waals surface area contributed by atoms with Crippen molar-refractivity contribution in [1.29, 1.82) is 0 Å². The van der Waals surface area contributed by atoms with Crippen LogP contribution in [0.25, 0.3) is 0 Å². The van der Waals surface area contributed by atoms with Crippen LogP contribution in [0, 0.1) is 5.92 Å². The molecule has 2 unspecified atom stereocenters. The lowest BCUT2D eigenvalue weighted by atomic mass is 9.98. The van der Waals surface area contributed by atoms with E-state index in [1.165, 1.54) is 6.42 Å². The van der Waals surface area contributed by atoms with Gasteiger partial charge in [0.15, 0.2) is 0 Å². The second kappa shape index (κ2) is 7.61. The number of amides is 1. The summed E-state index contributed by atoms with van der Waals surface area (Å²) in [5.74, 6) is 0.799. The average molecular weight is 294 g/mol.